The fourth-order valence-electron chi connectivity index (χ4n) is 1.95. The first kappa shape index (κ1) is 10.9. The summed E-state index contributed by atoms with van der Waals surface area (Å²) >= 11 is 0. The van der Waals surface area contributed by atoms with Crippen molar-refractivity contribution in [2.24, 2.45) is 5.92 Å². The van der Waals surface area contributed by atoms with Crippen LogP contribution in [0, 0.1) is 5.92 Å². The van der Waals surface area contributed by atoms with Crippen molar-refractivity contribution in [3.05, 3.63) is 0 Å². The van der Waals surface area contributed by atoms with Gasteiger partial charge in [-0.05, 0) is 44.4 Å². The van der Waals surface area contributed by atoms with Gasteiger partial charge in [-0.15, -0.1) is 0 Å². The van der Waals surface area contributed by atoms with Gasteiger partial charge in [0.15, 0.2) is 0 Å². The molecule has 0 aromatic carbocycles. The summed E-state index contributed by atoms with van der Waals surface area (Å²) in [6, 6.07) is 0.562. The molecule has 3 heteroatoms. The van der Waals surface area contributed by atoms with Gasteiger partial charge in [0, 0.05) is 25.6 Å². The van der Waals surface area contributed by atoms with Crippen molar-refractivity contribution in [3.8, 4) is 0 Å². The summed E-state index contributed by atoms with van der Waals surface area (Å²) in [6.45, 7) is 1.21. The number of aliphatic hydroxyl groups is 1. The maximum Gasteiger partial charge on any atom is 0.222 e. The van der Waals surface area contributed by atoms with Gasteiger partial charge in [0.25, 0.3) is 0 Å². The van der Waals surface area contributed by atoms with Crippen molar-refractivity contribution >= 4 is 5.91 Å². The van der Waals surface area contributed by atoms with E-state index in [0.29, 0.717) is 18.4 Å². The molecule has 0 unspecified atom stereocenters. The maximum absolute atomic E-state index is 11.9. The molecule has 0 spiro atoms. The van der Waals surface area contributed by atoms with Gasteiger partial charge in [-0.1, -0.05) is 0 Å². The van der Waals surface area contributed by atoms with Gasteiger partial charge in [-0.2, -0.15) is 0 Å². The van der Waals surface area contributed by atoms with Crippen molar-refractivity contribution in [2.75, 3.05) is 13.2 Å². The minimum atomic E-state index is 0.208. The largest absolute Gasteiger partial charge is 0.396 e. The third kappa shape index (κ3) is 3.49. The fraction of sp³-hybridized carbons (Fsp3) is 0.917. The molecule has 0 bridgehead atoms. The Morgan fingerprint density at radius 3 is 2.47 bits per heavy atom. The van der Waals surface area contributed by atoms with Crippen LogP contribution < -0.4 is 0 Å². The SMILES string of the molecule is O=C(CCCCO)N(CC1CC1)C1CC1. The second-order valence-corrected chi connectivity index (χ2v) is 4.90. The molecule has 0 radical (unpaired) electrons. The van der Waals surface area contributed by atoms with Gasteiger partial charge in [-0.3, -0.25) is 4.79 Å². The van der Waals surface area contributed by atoms with Crippen LogP contribution in [-0.4, -0.2) is 35.1 Å². The van der Waals surface area contributed by atoms with E-state index in [0.717, 1.165) is 25.3 Å². The van der Waals surface area contributed by atoms with Gasteiger partial charge in [0.1, 0.15) is 0 Å². The first-order chi connectivity index (χ1) is 7.31. The van der Waals surface area contributed by atoms with E-state index >= 15 is 0 Å². The quantitative estimate of drug-likeness (QED) is 0.649. The lowest BCUT2D eigenvalue weighted by atomic mass is 10.2. The van der Waals surface area contributed by atoms with Gasteiger partial charge in [0.2, 0.25) is 5.91 Å². The standard InChI is InChI=1S/C12H21NO2/c14-8-2-1-3-12(15)13(11-6-7-11)9-10-4-5-10/h10-11,14H,1-9H2. The van der Waals surface area contributed by atoms with E-state index in [1.54, 1.807) is 0 Å². The van der Waals surface area contributed by atoms with Crippen LogP contribution in [-0.2, 0) is 4.79 Å². The number of rotatable bonds is 7. The Hall–Kier alpha value is -0.570. The number of unbranched alkanes of at least 4 members (excludes halogenated alkanes) is 1. The maximum atomic E-state index is 11.9. The third-order valence-electron chi connectivity index (χ3n) is 3.26. The molecule has 86 valence electrons. The predicted octanol–water partition coefficient (Wildman–Crippen LogP) is 1.55. The number of amides is 1. The molecular formula is C12H21NO2. The Bertz CT molecular complexity index is 222. The second-order valence-electron chi connectivity index (χ2n) is 4.90. The van der Waals surface area contributed by atoms with Gasteiger partial charge < -0.3 is 10.0 Å². The Kier molecular flexibility index (Phi) is 3.62. The fourth-order valence-corrected chi connectivity index (χ4v) is 1.95. The highest BCUT2D eigenvalue weighted by Crippen LogP contribution is 2.35. The Labute approximate surface area is 91.5 Å². The highest BCUT2D eigenvalue weighted by Gasteiger charge is 2.35. The Balaban J connectivity index is 1.72. The second kappa shape index (κ2) is 4.97. The molecule has 2 saturated carbocycles. The molecule has 0 heterocycles. The van der Waals surface area contributed by atoms with Crippen LogP contribution in [0.2, 0.25) is 0 Å². The monoisotopic (exact) mass is 211 g/mol. The van der Waals surface area contributed by atoms with Crippen molar-refractivity contribution < 1.29 is 9.90 Å². The van der Waals surface area contributed by atoms with Crippen LogP contribution in [0.15, 0.2) is 0 Å². The average molecular weight is 211 g/mol. The summed E-state index contributed by atoms with van der Waals surface area (Å²) in [5.41, 5.74) is 0. The summed E-state index contributed by atoms with van der Waals surface area (Å²) in [7, 11) is 0. The molecular weight excluding hydrogens is 190 g/mol. The molecule has 0 aromatic rings. The van der Waals surface area contributed by atoms with E-state index in [9.17, 15) is 4.79 Å². The van der Waals surface area contributed by atoms with Crippen molar-refractivity contribution in [1.82, 2.24) is 4.90 Å². The lowest BCUT2D eigenvalue weighted by Crippen LogP contribution is -2.34. The minimum Gasteiger partial charge on any atom is -0.396 e. The van der Waals surface area contributed by atoms with E-state index in [1.165, 1.54) is 25.7 Å². The van der Waals surface area contributed by atoms with Crippen LogP contribution in [0.25, 0.3) is 0 Å². The smallest absolute Gasteiger partial charge is 0.222 e. The first-order valence-electron chi connectivity index (χ1n) is 6.21. The molecule has 0 aromatic heterocycles. The summed E-state index contributed by atoms with van der Waals surface area (Å²) < 4.78 is 0. The Morgan fingerprint density at radius 2 is 1.93 bits per heavy atom. The van der Waals surface area contributed by atoms with E-state index < -0.39 is 0 Å². The van der Waals surface area contributed by atoms with E-state index in [4.69, 9.17) is 5.11 Å². The highest BCUT2D eigenvalue weighted by molar-refractivity contribution is 5.76. The number of carbonyl (C=O) groups excluding carboxylic acids is 1. The normalized spacial score (nSPS) is 20.3. The summed E-state index contributed by atoms with van der Waals surface area (Å²) in [5, 5.41) is 8.67. The topological polar surface area (TPSA) is 40.5 Å². The first-order valence-corrected chi connectivity index (χ1v) is 6.21. The van der Waals surface area contributed by atoms with Crippen LogP contribution in [0.5, 0.6) is 0 Å². The van der Waals surface area contributed by atoms with Gasteiger partial charge in [0.05, 0.1) is 0 Å². The molecule has 2 aliphatic carbocycles. The summed E-state index contributed by atoms with van der Waals surface area (Å²) in [5.74, 6) is 1.12. The molecule has 1 amide bonds. The molecule has 2 rings (SSSR count). The van der Waals surface area contributed by atoms with E-state index in [2.05, 4.69) is 4.90 Å². The number of carbonyl (C=O) groups is 1. The zero-order valence-electron chi connectivity index (χ0n) is 9.32. The van der Waals surface area contributed by atoms with Gasteiger partial charge in [-0.25, -0.2) is 0 Å². The average Bonchev–Trinajstić information content (AvgIpc) is 3.06. The molecule has 2 aliphatic rings. The molecule has 3 nitrogen and oxygen atoms in total. The Morgan fingerprint density at radius 1 is 1.20 bits per heavy atom. The third-order valence-corrected chi connectivity index (χ3v) is 3.26. The molecule has 1 N–H and O–H groups in total. The van der Waals surface area contributed by atoms with Crippen molar-refractivity contribution in [1.29, 1.82) is 0 Å². The van der Waals surface area contributed by atoms with E-state index in [1.807, 2.05) is 0 Å². The number of aliphatic hydroxyl groups excluding tert-OH is 1. The molecule has 15 heavy (non-hydrogen) atoms. The number of hydrogen-bond donors (Lipinski definition) is 1. The minimum absolute atomic E-state index is 0.208. The highest BCUT2D eigenvalue weighted by atomic mass is 16.3. The number of hydrogen-bond acceptors (Lipinski definition) is 2. The van der Waals surface area contributed by atoms with Crippen LogP contribution >= 0.6 is 0 Å². The molecule has 2 fully saturated rings. The summed E-state index contributed by atoms with van der Waals surface area (Å²) in [4.78, 5) is 14.0. The summed E-state index contributed by atoms with van der Waals surface area (Å²) in [6.07, 6.45) is 7.26. The lowest BCUT2D eigenvalue weighted by Gasteiger charge is -2.22. The van der Waals surface area contributed by atoms with Crippen LogP contribution in [0.4, 0.5) is 0 Å². The van der Waals surface area contributed by atoms with Crippen molar-refractivity contribution in [2.45, 2.75) is 51.0 Å². The molecule has 0 saturated heterocycles. The number of nitrogens with zero attached hydrogens (tertiary/aromatic N) is 1. The van der Waals surface area contributed by atoms with Gasteiger partial charge >= 0.3 is 0 Å². The van der Waals surface area contributed by atoms with Crippen LogP contribution in [0.1, 0.15) is 44.9 Å². The van der Waals surface area contributed by atoms with E-state index in [-0.39, 0.29) is 6.61 Å². The molecule has 0 atom stereocenters. The predicted molar refractivity (Wildman–Crippen MR) is 58.4 cm³/mol. The lowest BCUT2D eigenvalue weighted by molar-refractivity contribution is -0.132. The zero-order valence-corrected chi connectivity index (χ0v) is 9.32. The molecule has 0 aliphatic heterocycles. The van der Waals surface area contributed by atoms with Crippen molar-refractivity contribution in [3.63, 3.8) is 0 Å². The van der Waals surface area contributed by atoms with Crippen LogP contribution in [0.3, 0.4) is 0 Å². The zero-order chi connectivity index (χ0) is 10.7.